The number of benzene rings is 1. The maximum absolute atomic E-state index is 12.2. The van der Waals surface area contributed by atoms with Crippen LogP contribution in [0.15, 0.2) is 30.3 Å². The van der Waals surface area contributed by atoms with Crippen LogP contribution in [0.25, 0.3) is 6.08 Å². The van der Waals surface area contributed by atoms with Crippen LogP contribution in [0.5, 0.6) is 0 Å². The zero-order chi connectivity index (χ0) is 21.6. The lowest BCUT2D eigenvalue weighted by Gasteiger charge is -2.12. The van der Waals surface area contributed by atoms with Crippen molar-refractivity contribution >= 4 is 35.2 Å². The third-order valence-electron chi connectivity index (χ3n) is 3.95. The Morgan fingerprint density at radius 2 is 2.10 bits per heavy atom. The van der Waals surface area contributed by atoms with Gasteiger partial charge in [0.05, 0.1) is 17.3 Å². The first-order valence-electron chi connectivity index (χ1n) is 9.14. The van der Waals surface area contributed by atoms with Gasteiger partial charge in [-0.15, -0.1) is 0 Å². The average Bonchev–Trinajstić information content (AvgIpc) is 2.92. The Labute approximate surface area is 174 Å². The lowest BCUT2D eigenvalue weighted by atomic mass is 10.2. The minimum Gasteiger partial charge on any atom is -0.449 e. The summed E-state index contributed by atoms with van der Waals surface area (Å²) >= 11 is 6.34. The number of hydrogen-bond acceptors (Lipinski definition) is 5. The summed E-state index contributed by atoms with van der Waals surface area (Å²) in [4.78, 5) is 24.3. The molecule has 0 unspecified atom stereocenters. The number of aromatic nitrogens is 2. The van der Waals surface area contributed by atoms with Crippen LogP contribution in [0.2, 0.25) is 5.15 Å². The number of aryl methyl sites for hydroxylation is 1. The lowest BCUT2D eigenvalue weighted by Crippen LogP contribution is -2.29. The second-order valence-corrected chi connectivity index (χ2v) is 7.32. The SMILES string of the molecule is Cc1nn(CC(C)C)c(Cl)c1/C=C/C(=O)O[C@H](C)C(=O)Nc1cccc(C#N)c1. The molecule has 0 radical (unpaired) electrons. The van der Waals surface area contributed by atoms with Gasteiger partial charge in [0.15, 0.2) is 6.10 Å². The van der Waals surface area contributed by atoms with Crippen molar-refractivity contribution in [3.63, 3.8) is 0 Å². The van der Waals surface area contributed by atoms with Crippen molar-refractivity contribution in [3.8, 4) is 6.07 Å². The van der Waals surface area contributed by atoms with Crippen LogP contribution in [0, 0.1) is 24.2 Å². The summed E-state index contributed by atoms with van der Waals surface area (Å²) in [7, 11) is 0. The molecule has 0 fully saturated rings. The zero-order valence-corrected chi connectivity index (χ0v) is 17.5. The zero-order valence-electron chi connectivity index (χ0n) is 16.8. The van der Waals surface area contributed by atoms with E-state index in [4.69, 9.17) is 21.6 Å². The lowest BCUT2D eigenvalue weighted by molar-refractivity contribution is -0.148. The number of carbonyl (C=O) groups excluding carboxylic acids is 2. The smallest absolute Gasteiger partial charge is 0.331 e. The summed E-state index contributed by atoms with van der Waals surface area (Å²) in [5, 5.41) is 16.3. The molecular weight excluding hydrogens is 392 g/mol. The Bertz CT molecular complexity index is 973. The minimum atomic E-state index is -1.02. The number of hydrogen-bond donors (Lipinski definition) is 1. The Kier molecular flexibility index (Phi) is 7.57. The van der Waals surface area contributed by atoms with Gasteiger partial charge in [0.2, 0.25) is 0 Å². The van der Waals surface area contributed by atoms with E-state index in [1.807, 2.05) is 6.07 Å². The summed E-state index contributed by atoms with van der Waals surface area (Å²) in [5.74, 6) is -0.798. The third kappa shape index (κ3) is 6.19. The molecule has 8 heteroatoms. The molecule has 0 aliphatic heterocycles. The molecule has 152 valence electrons. The van der Waals surface area contributed by atoms with Crippen LogP contribution < -0.4 is 5.32 Å². The van der Waals surface area contributed by atoms with E-state index in [9.17, 15) is 9.59 Å². The van der Waals surface area contributed by atoms with Gasteiger partial charge in [0, 0.05) is 23.9 Å². The molecule has 0 bridgehead atoms. The largest absolute Gasteiger partial charge is 0.449 e. The summed E-state index contributed by atoms with van der Waals surface area (Å²) < 4.78 is 6.83. The van der Waals surface area contributed by atoms with Gasteiger partial charge in [-0.2, -0.15) is 10.4 Å². The third-order valence-corrected chi connectivity index (χ3v) is 4.35. The minimum absolute atomic E-state index is 0.377. The van der Waals surface area contributed by atoms with Crippen LogP contribution in [0.1, 0.15) is 37.6 Å². The molecule has 2 aromatic rings. The van der Waals surface area contributed by atoms with Gasteiger partial charge in [-0.05, 0) is 44.0 Å². The highest BCUT2D eigenvalue weighted by atomic mass is 35.5. The van der Waals surface area contributed by atoms with Crippen LogP contribution >= 0.6 is 11.6 Å². The second-order valence-electron chi connectivity index (χ2n) is 6.96. The molecule has 2 rings (SSSR count). The normalized spacial score (nSPS) is 12.0. The highest BCUT2D eigenvalue weighted by molar-refractivity contribution is 6.31. The number of anilines is 1. The highest BCUT2D eigenvalue weighted by Gasteiger charge is 2.17. The Hall–Kier alpha value is -3.11. The molecule has 7 nitrogen and oxygen atoms in total. The van der Waals surface area contributed by atoms with Gasteiger partial charge < -0.3 is 10.1 Å². The maximum atomic E-state index is 12.2. The van der Waals surface area contributed by atoms with Gasteiger partial charge in [0.1, 0.15) is 5.15 Å². The van der Waals surface area contributed by atoms with Crippen molar-refractivity contribution in [2.45, 2.75) is 40.3 Å². The van der Waals surface area contributed by atoms with E-state index in [-0.39, 0.29) is 0 Å². The number of ether oxygens (including phenoxy) is 1. The fourth-order valence-corrected chi connectivity index (χ4v) is 2.86. The first kappa shape index (κ1) is 22.2. The summed E-state index contributed by atoms with van der Waals surface area (Å²) in [6.45, 7) is 8.06. The summed E-state index contributed by atoms with van der Waals surface area (Å²) in [6, 6.07) is 8.45. The Morgan fingerprint density at radius 1 is 1.38 bits per heavy atom. The maximum Gasteiger partial charge on any atom is 0.331 e. The number of esters is 1. The Morgan fingerprint density at radius 3 is 2.76 bits per heavy atom. The van der Waals surface area contributed by atoms with Crippen LogP contribution in [0.3, 0.4) is 0 Å². The van der Waals surface area contributed by atoms with Crippen LogP contribution in [-0.4, -0.2) is 27.8 Å². The van der Waals surface area contributed by atoms with Crippen molar-refractivity contribution in [1.29, 1.82) is 5.26 Å². The quantitative estimate of drug-likeness (QED) is 0.546. The number of carbonyl (C=O) groups is 2. The first-order valence-corrected chi connectivity index (χ1v) is 9.51. The molecule has 1 aromatic carbocycles. The predicted molar refractivity (Wildman–Crippen MR) is 111 cm³/mol. The molecule has 1 aromatic heterocycles. The molecule has 1 heterocycles. The Balaban J connectivity index is 1.98. The van der Waals surface area contributed by atoms with E-state index in [1.165, 1.54) is 25.1 Å². The number of rotatable bonds is 7. The second kappa shape index (κ2) is 9.89. The van der Waals surface area contributed by atoms with Crippen molar-refractivity contribution < 1.29 is 14.3 Å². The average molecular weight is 415 g/mol. The first-order chi connectivity index (χ1) is 13.7. The van der Waals surface area contributed by atoms with Crippen molar-refractivity contribution in [1.82, 2.24) is 9.78 Å². The van der Waals surface area contributed by atoms with Crippen molar-refractivity contribution in [2.75, 3.05) is 5.32 Å². The molecular formula is C21H23ClN4O3. The van der Waals surface area contributed by atoms with Gasteiger partial charge in [0.25, 0.3) is 5.91 Å². The van der Waals surface area contributed by atoms with E-state index in [0.29, 0.717) is 40.1 Å². The number of nitrogens with one attached hydrogen (secondary N) is 1. The van der Waals surface area contributed by atoms with Gasteiger partial charge in [-0.1, -0.05) is 31.5 Å². The fourth-order valence-electron chi connectivity index (χ4n) is 2.55. The molecule has 0 aliphatic carbocycles. The van der Waals surface area contributed by atoms with Crippen molar-refractivity contribution in [2.24, 2.45) is 5.92 Å². The molecule has 29 heavy (non-hydrogen) atoms. The van der Waals surface area contributed by atoms with E-state index >= 15 is 0 Å². The van der Waals surface area contributed by atoms with Crippen molar-refractivity contribution in [3.05, 3.63) is 52.3 Å². The number of nitrogens with zero attached hydrogens (tertiary/aromatic N) is 3. The van der Waals surface area contributed by atoms with E-state index in [2.05, 4.69) is 24.3 Å². The molecule has 0 spiro atoms. The number of halogens is 1. The number of nitriles is 1. The van der Waals surface area contributed by atoms with Gasteiger partial charge in [-0.25, -0.2) is 4.79 Å². The number of amides is 1. The van der Waals surface area contributed by atoms with Gasteiger partial charge in [-0.3, -0.25) is 9.48 Å². The van der Waals surface area contributed by atoms with Crippen LogP contribution in [0.4, 0.5) is 5.69 Å². The summed E-state index contributed by atoms with van der Waals surface area (Å²) in [6.07, 6.45) is 1.73. The summed E-state index contributed by atoms with van der Waals surface area (Å²) in [5.41, 5.74) is 2.20. The topological polar surface area (TPSA) is 97.0 Å². The monoisotopic (exact) mass is 414 g/mol. The van der Waals surface area contributed by atoms with E-state index < -0.39 is 18.0 Å². The fraction of sp³-hybridized carbons (Fsp3) is 0.333. The molecule has 1 amide bonds. The molecule has 0 saturated carbocycles. The van der Waals surface area contributed by atoms with Gasteiger partial charge >= 0.3 is 5.97 Å². The van der Waals surface area contributed by atoms with E-state index in [1.54, 1.807) is 29.8 Å². The van der Waals surface area contributed by atoms with Crippen LogP contribution in [-0.2, 0) is 20.9 Å². The molecule has 1 atom stereocenters. The standard InChI is InChI=1S/C21H23ClN4O3/c1-13(2)12-26-20(22)18(14(3)25-26)8-9-19(27)29-15(4)21(28)24-17-7-5-6-16(10-17)11-23/h5-10,13,15H,12H2,1-4H3,(H,24,28)/b9-8+/t15-/m1/s1. The highest BCUT2D eigenvalue weighted by Crippen LogP contribution is 2.22. The molecule has 0 saturated heterocycles. The molecule has 1 N–H and O–H groups in total. The molecule has 0 aliphatic rings. The predicted octanol–water partition coefficient (Wildman–Crippen LogP) is 3.96. The van der Waals surface area contributed by atoms with E-state index in [0.717, 1.165) is 0 Å².